The summed E-state index contributed by atoms with van der Waals surface area (Å²) in [6, 6.07) is 15.8. The van der Waals surface area contributed by atoms with E-state index in [1.165, 1.54) is 36.4 Å². The van der Waals surface area contributed by atoms with E-state index >= 15 is 0 Å². The van der Waals surface area contributed by atoms with E-state index in [9.17, 15) is 24.0 Å². The molecule has 3 heterocycles. The number of anilines is 1. The molecule has 15 nitrogen and oxygen atoms in total. The number of hydrogen-bond donors (Lipinski definition) is 3. The highest BCUT2D eigenvalue weighted by molar-refractivity contribution is 7.45. The molecule has 2 aromatic carbocycles. The fraction of sp³-hybridized carbons (Fsp3) is 0.520. The Labute approximate surface area is 393 Å². The Morgan fingerprint density at radius 3 is 2.39 bits per heavy atom. The summed E-state index contributed by atoms with van der Waals surface area (Å²) in [6.07, 6.45) is 10.5. The Morgan fingerprint density at radius 2 is 1.67 bits per heavy atom. The molecule has 4 atom stereocenters. The van der Waals surface area contributed by atoms with Crippen molar-refractivity contribution in [2.75, 3.05) is 25.1 Å². The van der Waals surface area contributed by atoms with Crippen LogP contribution >= 0.6 is 8.53 Å². The number of aliphatic imine (C=N–C) groups is 1. The number of ether oxygens (including phenoxy) is 1. The largest absolute Gasteiger partial charge is 0.425 e. The number of nitrogens with zero attached hydrogens (tertiary/aromatic N) is 4. The number of para-hydroxylation sites is 1. The van der Waals surface area contributed by atoms with Crippen LogP contribution < -0.4 is 21.5 Å². The van der Waals surface area contributed by atoms with E-state index in [0.717, 1.165) is 54.5 Å². The lowest BCUT2D eigenvalue weighted by Gasteiger charge is -2.36. The lowest BCUT2D eigenvalue weighted by atomic mass is 10.0. The van der Waals surface area contributed by atoms with Gasteiger partial charge in [0.25, 0.3) is 5.56 Å². The average Bonchev–Trinajstić information content (AvgIpc) is 3.71. The van der Waals surface area contributed by atoms with Gasteiger partial charge in [-0.05, 0) is 97.0 Å². The van der Waals surface area contributed by atoms with E-state index in [0.29, 0.717) is 51.7 Å². The van der Waals surface area contributed by atoms with Gasteiger partial charge in [0.1, 0.15) is 12.0 Å². The van der Waals surface area contributed by atoms with Gasteiger partial charge in [-0.25, -0.2) is 9.46 Å². The number of amides is 2. The van der Waals surface area contributed by atoms with E-state index in [1.807, 2.05) is 88.0 Å². The molecule has 1 fully saturated rings. The van der Waals surface area contributed by atoms with Gasteiger partial charge in [-0.3, -0.25) is 33.7 Å². The van der Waals surface area contributed by atoms with Crippen molar-refractivity contribution in [2.45, 2.75) is 149 Å². The fourth-order valence-electron chi connectivity index (χ4n) is 7.67. The molecule has 3 aromatic rings. The Bertz CT molecular complexity index is 2320. The third-order valence-electron chi connectivity index (χ3n) is 11.0. The molecule has 0 spiro atoms. The van der Waals surface area contributed by atoms with Gasteiger partial charge in [-0.1, -0.05) is 61.4 Å². The molecule has 0 bridgehead atoms. The predicted octanol–water partition coefficient (Wildman–Crippen LogP) is 7.79. The van der Waals surface area contributed by atoms with Crippen molar-refractivity contribution in [1.82, 2.24) is 19.5 Å². The van der Waals surface area contributed by atoms with E-state index in [2.05, 4.69) is 36.9 Å². The summed E-state index contributed by atoms with van der Waals surface area (Å²) in [7, 11) is -0.320. The number of benzene rings is 2. The maximum atomic E-state index is 13.4. The van der Waals surface area contributed by atoms with Crippen LogP contribution in [0.5, 0.6) is 0 Å². The summed E-state index contributed by atoms with van der Waals surface area (Å²) in [6.45, 7) is 11.4. The van der Waals surface area contributed by atoms with Gasteiger partial charge in [0.15, 0.2) is 6.40 Å². The lowest BCUT2D eigenvalue weighted by Crippen LogP contribution is -2.35. The first-order valence-corrected chi connectivity index (χ1v) is 24.1. The van der Waals surface area contributed by atoms with Gasteiger partial charge < -0.3 is 29.1 Å². The van der Waals surface area contributed by atoms with Crippen LogP contribution in [-0.2, 0) is 34.7 Å². The number of Topliss-reactive ketones (excluding diaryl/α,β-unsaturated/α-hetero) is 1. The number of H-pyrrole nitrogens is 1. The minimum Gasteiger partial charge on any atom is -0.425 e. The highest BCUT2D eigenvalue weighted by Crippen LogP contribution is 2.49. The second kappa shape index (κ2) is 28.1. The molecule has 2 amide bonds. The molecular formula is C50H69N6O9P. The molecule has 1 saturated heterocycles. The Morgan fingerprint density at radius 1 is 1.02 bits per heavy atom. The number of carbonyl (C=O) groups excluding carboxylic acids is 3. The van der Waals surface area contributed by atoms with Gasteiger partial charge in [-0.15, -0.1) is 0 Å². The molecule has 1 aromatic heterocycles. The molecule has 66 heavy (non-hydrogen) atoms. The van der Waals surface area contributed by atoms with Crippen LogP contribution in [0, 0.1) is 11.8 Å². The van der Waals surface area contributed by atoms with Crippen molar-refractivity contribution in [3.05, 3.63) is 104 Å². The number of fused-ring (bicyclic) bond motifs is 2. The zero-order valence-electron chi connectivity index (χ0n) is 41.3. The third kappa shape index (κ3) is 16.3. The first-order chi connectivity index (χ1) is 32.8. The summed E-state index contributed by atoms with van der Waals surface area (Å²) in [4.78, 5) is 72.7. The molecule has 0 saturated carbocycles. The molecule has 16 heteroatoms. The summed E-state index contributed by atoms with van der Waals surface area (Å²) in [5.74, 6) is 6.34. The first-order valence-electron chi connectivity index (χ1n) is 24.1. The van der Waals surface area contributed by atoms with Crippen LogP contribution in [-0.4, -0.2) is 89.3 Å². The number of hydrogen-bond acceptors (Lipinski definition) is 11. The van der Waals surface area contributed by atoms with Crippen LogP contribution in [0.15, 0.2) is 75.4 Å². The maximum Gasteiger partial charge on any atom is 0.330 e. The van der Waals surface area contributed by atoms with E-state index in [-0.39, 0.29) is 48.6 Å². The van der Waals surface area contributed by atoms with Gasteiger partial charge in [-0.2, -0.15) is 0 Å². The zero-order valence-corrected chi connectivity index (χ0v) is 40.2. The molecule has 0 radical (unpaired) electrons. The minimum atomic E-state index is -1.61. The number of aromatic nitrogens is 2. The molecule has 2 aliphatic heterocycles. The molecular weight excluding hydrogens is 860 g/mol. The molecule has 358 valence electrons. The molecule has 0 aliphatic carbocycles. The molecule has 5 rings (SSSR count). The number of carbonyl (C=O) groups is 3. The van der Waals surface area contributed by atoms with E-state index < -0.39 is 38.2 Å². The van der Waals surface area contributed by atoms with Crippen molar-refractivity contribution < 1.29 is 34.6 Å². The average molecular weight is 932 g/mol. The van der Waals surface area contributed by atoms with Crippen LogP contribution in [0.3, 0.4) is 0 Å². The molecule has 3 N–H and O–H groups in total. The highest BCUT2D eigenvalue weighted by atomic mass is 31.2. The summed E-state index contributed by atoms with van der Waals surface area (Å²) in [5, 5.41) is 6.34. The number of aliphatic hydroxyl groups excluding tert-OH is 1. The summed E-state index contributed by atoms with van der Waals surface area (Å²) >= 11 is 0. The Kier molecular flexibility index (Phi) is 21.3. The molecule has 2 unspecified atom stereocenters. The quantitative estimate of drug-likeness (QED) is 0.0200. The first kappa shape index (κ1) is 50.2. The van der Waals surface area contributed by atoms with Gasteiger partial charge >= 0.3 is 14.2 Å². The van der Waals surface area contributed by atoms with Gasteiger partial charge in [0.05, 0.1) is 30.0 Å². The third-order valence-corrected chi connectivity index (χ3v) is 13.0. The fourth-order valence-corrected chi connectivity index (χ4v) is 9.29. The number of nitrogens with one attached hydrogen (secondary N) is 2. The van der Waals surface area contributed by atoms with Crippen molar-refractivity contribution in [3.8, 4) is 11.8 Å². The molecule has 2 aliphatic rings. The minimum absolute atomic E-state index is 0.0275. The summed E-state index contributed by atoms with van der Waals surface area (Å²) in [5.41, 5.74) is 2.37. The summed E-state index contributed by atoms with van der Waals surface area (Å²) < 4.78 is 35.7. The van der Waals surface area contributed by atoms with Crippen LogP contribution in [0.25, 0.3) is 6.08 Å². The van der Waals surface area contributed by atoms with Crippen LogP contribution in [0.4, 0.5) is 5.69 Å². The number of aliphatic hydroxyl groups is 1. The number of ketones is 1. The zero-order chi connectivity index (χ0) is 49.4. The van der Waals surface area contributed by atoms with Crippen LogP contribution in [0.1, 0.15) is 142 Å². The van der Waals surface area contributed by atoms with E-state index in [1.54, 1.807) is 0 Å². The number of rotatable bonds is 24. The number of unbranched alkanes of at least 4 members (excludes halogenated alkanes) is 5. The smallest absolute Gasteiger partial charge is 0.330 e. The van der Waals surface area contributed by atoms with Gasteiger partial charge in [0.2, 0.25) is 13.2 Å². The SMILES string of the molecule is [2H]C[C@H]1O[C@@H](n2cc(/C=C/C(=O)NCCCCCCCC(=O)CCCCC(=O)N3Cc4ccccc4C#Cc4ccccc43)c(=O)[nH]c2=O)CC1OP(OC=NCC)N(C(C)C)C(C)C.[3H]OC. The lowest BCUT2D eigenvalue weighted by molar-refractivity contribution is -0.120. The predicted molar refractivity (Wildman–Crippen MR) is 261 cm³/mol. The number of aromatic amines is 1. The standard InChI is InChI=1S/C49H65N6O8P.CH4O/c1-7-50-34-61-64(55(35(2)3)36(4)5)63-44-31-47(62-37(44)6)54-33-41(48(59)52-49(54)60)28-29-45(57)51-30-18-10-8-9-11-22-42(56)23-15-17-25-46(58)53-32-40-21-13-12-19-38(40)26-27-39-20-14-16-24-43(39)53;1-2/h12-14,16,19-21,24,28-29,33-37,44,47H,7-11,15,17-18,22-23,25,30-32H2,1-6H3,(H,51,57)(H,52,59,60);2H,1H3/b29-28+,50-34?;/t37-,44?,47-,64?;/m1./s1/i6D;2T. The van der Waals surface area contributed by atoms with Gasteiger partial charge in [0, 0.05) is 82.7 Å². The van der Waals surface area contributed by atoms with Crippen molar-refractivity contribution in [3.63, 3.8) is 0 Å². The Balaban J connectivity index is 0.00000327. The second-order valence-corrected chi connectivity index (χ2v) is 17.9. The van der Waals surface area contributed by atoms with Crippen molar-refractivity contribution in [2.24, 2.45) is 4.99 Å². The van der Waals surface area contributed by atoms with Crippen molar-refractivity contribution >= 4 is 44.3 Å². The monoisotopic (exact) mass is 932 g/mol. The topological polar surface area (TPSA) is 185 Å². The second-order valence-electron chi connectivity index (χ2n) is 16.6. The van der Waals surface area contributed by atoms with Crippen LogP contribution in [0.2, 0.25) is 0 Å². The highest BCUT2D eigenvalue weighted by Gasteiger charge is 2.40. The Hall–Kier alpha value is -5.23. The normalized spacial score (nSPS) is 17.5. The van der Waals surface area contributed by atoms with Crippen molar-refractivity contribution in [1.29, 1.82) is 1.43 Å². The van der Waals surface area contributed by atoms with E-state index in [4.69, 9.17) is 16.6 Å². The maximum absolute atomic E-state index is 13.4.